The summed E-state index contributed by atoms with van der Waals surface area (Å²) in [4.78, 5) is 4.31. The molecule has 0 aliphatic heterocycles. The number of nitrogens with zero attached hydrogens (tertiary/aromatic N) is 5. The molecule has 1 N–H and O–H groups in total. The largest absolute Gasteiger partial charge is 0.384 e. The maximum atomic E-state index is 9.79. The van der Waals surface area contributed by atoms with E-state index in [-0.39, 0.29) is 0 Å². The molecule has 7 nitrogen and oxygen atoms in total. The first-order chi connectivity index (χ1) is 8.52. The summed E-state index contributed by atoms with van der Waals surface area (Å²) in [5.41, 5.74) is -0.470. The first-order valence-electron chi connectivity index (χ1n) is 5.98. The standard InChI is InChI=1S/C11H15N5O2/c1-11(2,17)8-5-16(15-13-8)6-9-12-10(18-14-9)7-3-4-7/h5,7,17H,3-4,6H2,1-2H3. The van der Waals surface area contributed by atoms with Gasteiger partial charge >= 0.3 is 0 Å². The second kappa shape index (κ2) is 3.88. The summed E-state index contributed by atoms with van der Waals surface area (Å²) in [7, 11) is 0. The van der Waals surface area contributed by atoms with Crippen LogP contribution in [-0.2, 0) is 12.1 Å². The van der Waals surface area contributed by atoms with E-state index in [1.54, 1.807) is 24.7 Å². The average molecular weight is 249 g/mol. The third-order valence-electron chi connectivity index (χ3n) is 2.88. The Morgan fingerprint density at radius 1 is 1.50 bits per heavy atom. The van der Waals surface area contributed by atoms with Gasteiger partial charge in [0, 0.05) is 5.92 Å². The summed E-state index contributed by atoms with van der Waals surface area (Å²) in [6.45, 7) is 3.74. The fraction of sp³-hybridized carbons (Fsp3) is 0.636. The van der Waals surface area contributed by atoms with Gasteiger partial charge in [-0.3, -0.25) is 0 Å². The molecule has 1 aliphatic rings. The number of aromatic nitrogens is 5. The van der Waals surface area contributed by atoms with E-state index >= 15 is 0 Å². The van der Waals surface area contributed by atoms with Gasteiger partial charge in [0.25, 0.3) is 0 Å². The number of rotatable bonds is 4. The molecule has 0 amide bonds. The van der Waals surface area contributed by atoms with Crippen LogP contribution in [0, 0.1) is 0 Å². The highest BCUT2D eigenvalue weighted by molar-refractivity contribution is 5.05. The van der Waals surface area contributed by atoms with Gasteiger partial charge in [0.15, 0.2) is 5.82 Å². The molecule has 1 fully saturated rings. The number of hydrogen-bond donors (Lipinski definition) is 1. The molecule has 0 aromatic carbocycles. The molecular weight excluding hydrogens is 234 g/mol. The lowest BCUT2D eigenvalue weighted by Gasteiger charge is -2.11. The van der Waals surface area contributed by atoms with Crippen LogP contribution >= 0.6 is 0 Å². The zero-order valence-corrected chi connectivity index (χ0v) is 10.4. The molecule has 1 saturated carbocycles. The van der Waals surface area contributed by atoms with Crippen molar-refractivity contribution in [2.75, 3.05) is 0 Å². The SMILES string of the molecule is CC(C)(O)c1cn(Cc2noc(C3CC3)n2)nn1. The molecule has 2 aromatic rings. The van der Waals surface area contributed by atoms with E-state index in [9.17, 15) is 5.11 Å². The number of hydrogen-bond acceptors (Lipinski definition) is 6. The van der Waals surface area contributed by atoms with Crippen LogP contribution in [0.5, 0.6) is 0 Å². The van der Waals surface area contributed by atoms with Crippen LogP contribution in [0.3, 0.4) is 0 Å². The van der Waals surface area contributed by atoms with Crippen LogP contribution in [-0.4, -0.2) is 30.2 Å². The smallest absolute Gasteiger partial charge is 0.229 e. The van der Waals surface area contributed by atoms with Gasteiger partial charge in [0.1, 0.15) is 17.8 Å². The van der Waals surface area contributed by atoms with Crippen molar-refractivity contribution < 1.29 is 9.63 Å². The second-order valence-corrected chi connectivity index (χ2v) is 5.18. The van der Waals surface area contributed by atoms with Crippen molar-refractivity contribution in [3.63, 3.8) is 0 Å². The van der Waals surface area contributed by atoms with E-state index in [2.05, 4.69) is 20.5 Å². The summed E-state index contributed by atoms with van der Waals surface area (Å²) >= 11 is 0. The summed E-state index contributed by atoms with van der Waals surface area (Å²) in [5.74, 6) is 1.76. The van der Waals surface area contributed by atoms with Gasteiger partial charge in [-0.2, -0.15) is 4.98 Å². The van der Waals surface area contributed by atoms with Gasteiger partial charge in [0.05, 0.1) is 6.20 Å². The fourth-order valence-electron chi connectivity index (χ4n) is 1.63. The molecule has 3 rings (SSSR count). The summed E-state index contributed by atoms with van der Waals surface area (Å²) < 4.78 is 6.75. The van der Waals surface area contributed by atoms with Gasteiger partial charge in [-0.25, -0.2) is 4.68 Å². The van der Waals surface area contributed by atoms with Crippen LogP contribution in [0.4, 0.5) is 0 Å². The normalized spacial score (nSPS) is 16.2. The molecule has 2 aromatic heterocycles. The van der Waals surface area contributed by atoms with Crippen molar-refractivity contribution in [2.45, 2.75) is 44.8 Å². The van der Waals surface area contributed by atoms with Gasteiger partial charge in [-0.05, 0) is 26.7 Å². The minimum Gasteiger partial charge on any atom is -0.384 e. The van der Waals surface area contributed by atoms with E-state index in [1.807, 2.05) is 0 Å². The van der Waals surface area contributed by atoms with Crippen LogP contribution < -0.4 is 0 Å². The predicted octanol–water partition coefficient (Wildman–Crippen LogP) is 0.814. The summed E-state index contributed by atoms with van der Waals surface area (Å²) in [6.07, 6.45) is 3.95. The van der Waals surface area contributed by atoms with Crippen molar-refractivity contribution in [3.05, 3.63) is 23.6 Å². The Labute approximate surface area is 104 Å². The Bertz CT molecular complexity index is 550. The lowest BCUT2D eigenvalue weighted by atomic mass is 10.1. The minimum atomic E-state index is -0.991. The average Bonchev–Trinajstić information content (AvgIpc) is 2.85. The van der Waals surface area contributed by atoms with Crippen LogP contribution in [0.2, 0.25) is 0 Å². The van der Waals surface area contributed by atoms with Crippen molar-refractivity contribution in [1.29, 1.82) is 0 Å². The van der Waals surface area contributed by atoms with E-state index in [1.165, 1.54) is 0 Å². The molecule has 96 valence electrons. The van der Waals surface area contributed by atoms with Crippen molar-refractivity contribution >= 4 is 0 Å². The highest BCUT2D eigenvalue weighted by Crippen LogP contribution is 2.38. The molecule has 7 heteroatoms. The Morgan fingerprint density at radius 3 is 2.89 bits per heavy atom. The van der Waals surface area contributed by atoms with E-state index < -0.39 is 5.60 Å². The first kappa shape index (κ1) is 11.3. The van der Waals surface area contributed by atoms with Crippen molar-refractivity contribution in [2.24, 2.45) is 0 Å². The van der Waals surface area contributed by atoms with Gasteiger partial charge < -0.3 is 9.63 Å². The molecule has 0 atom stereocenters. The molecule has 0 saturated heterocycles. The van der Waals surface area contributed by atoms with Crippen LogP contribution in [0.25, 0.3) is 0 Å². The lowest BCUT2D eigenvalue weighted by molar-refractivity contribution is 0.0737. The summed E-state index contributed by atoms with van der Waals surface area (Å²) in [6, 6.07) is 0. The Kier molecular flexibility index (Phi) is 2.44. The predicted molar refractivity (Wildman–Crippen MR) is 60.6 cm³/mol. The molecule has 0 bridgehead atoms. The Balaban J connectivity index is 1.73. The first-order valence-corrected chi connectivity index (χ1v) is 5.98. The number of aliphatic hydroxyl groups is 1. The van der Waals surface area contributed by atoms with E-state index in [0.29, 0.717) is 29.9 Å². The summed E-state index contributed by atoms with van der Waals surface area (Å²) in [5, 5.41) is 21.5. The zero-order valence-electron chi connectivity index (χ0n) is 10.4. The molecule has 0 spiro atoms. The van der Waals surface area contributed by atoms with Crippen molar-refractivity contribution in [1.82, 2.24) is 25.1 Å². The minimum absolute atomic E-state index is 0.402. The van der Waals surface area contributed by atoms with Crippen LogP contribution in [0.1, 0.15) is 50.0 Å². The molecule has 0 radical (unpaired) electrons. The second-order valence-electron chi connectivity index (χ2n) is 5.18. The van der Waals surface area contributed by atoms with Crippen LogP contribution in [0.15, 0.2) is 10.7 Å². The van der Waals surface area contributed by atoms with E-state index in [0.717, 1.165) is 12.8 Å². The Morgan fingerprint density at radius 2 is 2.28 bits per heavy atom. The maximum absolute atomic E-state index is 9.79. The quantitative estimate of drug-likeness (QED) is 0.862. The Hall–Kier alpha value is -1.76. The lowest BCUT2D eigenvalue weighted by Crippen LogP contribution is -2.15. The highest BCUT2D eigenvalue weighted by Gasteiger charge is 2.29. The third-order valence-corrected chi connectivity index (χ3v) is 2.88. The van der Waals surface area contributed by atoms with E-state index in [4.69, 9.17) is 4.52 Å². The monoisotopic (exact) mass is 249 g/mol. The molecular formula is C11H15N5O2. The molecule has 18 heavy (non-hydrogen) atoms. The molecule has 1 aliphatic carbocycles. The maximum Gasteiger partial charge on any atom is 0.229 e. The molecule has 2 heterocycles. The van der Waals surface area contributed by atoms with Gasteiger partial charge in [0.2, 0.25) is 5.89 Å². The zero-order chi connectivity index (χ0) is 12.8. The van der Waals surface area contributed by atoms with Gasteiger partial charge in [-0.1, -0.05) is 10.4 Å². The molecule has 0 unspecified atom stereocenters. The topological polar surface area (TPSA) is 89.9 Å². The highest BCUT2D eigenvalue weighted by atomic mass is 16.5. The third kappa shape index (κ3) is 2.26. The fourth-order valence-corrected chi connectivity index (χ4v) is 1.63. The van der Waals surface area contributed by atoms with Gasteiger partial charge in [-0.15, -0.1) is 5.10 Å². The van der Waals surface area contributed by atoms with Crippen molar-refractivity contribution in [3.8, 4) is 0 Å².